The summed E-state index contributed by atoms with van der Waals surface area (Å²) >= 11 is 1.16. The Kier molecular flexibility index (Phi) is 6.05. The maximum atomic E-state index is 13.0. The average molecular weight is 481 g/mol. The van der Waals surface area contributed by atoms with Crippen molar-refractivity contribution >= 4 is 38.2 Å². The van der Waals surface area contributed by atoms with Crippen molar-refractivity contribution in [3.8, 4) is 0 Å². The normalized spacial score (nSPS) is 15.6. The highest BCUT2D eigenvalue weighted by molar-refractivity contribution is 7.91. The summed E-state index contributed by atoms with van der Waals surface area (Å²) in [4.78, 5) is 13.7. The van der Waals surface area contributed by atoms with Crippen molar-refractivity contribution in [3.05, 3.63) is 89.0 Å². The number of furan rings is 1. The zero-order valence-corrected chi connectivity index (χ0v) is 19.6. The lowest BCUT2D eigenvalue weighted by molar-refractivity contribution is -0.121. The second-order valence-corrected chi connectivity index (χ2v) is 11.4. The van der Waals surface area contributed by atoms with Gasteiger partial charge in [0, 0.05) is 23.4 Å². The molecule has 0 spiro atoms. The molecule has 0 aliphatic carbocycles. The van der Waals surface area contributed by atoms with Gasteiger partial charge in [-0.15, -0.1) is 11.3 Å². The molecule has 1 unspecified atom stereocenters. The van der Waals surface area contributed by atoms with E-state index in [1.54, 1.807) is 12.1 Å². The van der Waals surface area contributed by atoms with Crippen LogP contribution in [0.3, 0.4) is 0 Å². The highest BCUT2D eigenvalue weighted by atomic mass is 32.2. The molecule has 0 radical (unpaired) electrons. The van der Waals surface area contributed by atoms with Gasteiger partial charge in [0.05, 0.1) is 6.42 Å². The monoisotopic (exact) mass is 480 g/mol. The first kappa shape index (κ1) is 21.9. The zero-order valence-electron chi connectivity index (χ0n) is 17.9. The van der Waals surface area contributed by atoms with E-state index in [2.05, 4.69) is 5.32 Å². The van der Waals surface area contributed by atoms with Gasteiger partial charge in [-0.05, 0) is 42.7 Å². The van der Waals surface area contributed by atoms with Gasteiger partial charge in [0.15, 0.2) is 0 Å². The van der Waals surface area contributed by atoms with Crippen molar-refractivity contribution in [2.24, 2.45) is 0 Å². The summed E-state index contributed by atoms with van der Waals surface area (Å²) in [5.41, 5.74) is 1.67. The number of sulfonamides is 1. The van der Waals surface area contributed by atoms with Crippen LogP contribution in [0.25, 0.3) is 11.0 Å². The quantitative estimate of drug-likeness (QED) is 0.415. The Morgan fingerprint density at radius 1 is 1.00 bits per heavy atom. The molecule has 4 aromatic rings. The molecule has 1 aliphatic heterocycles. The van der Waals surface area contributed by atoms with Crippen LogP contribution in [0.2, 0.25) is 0 Å². The van der Waals surface area contributed by atoms with Crippen LogP contribution in [-0.4, -0.2) is 31.7 Å². The standard InChI is InChI=1S/C25H24N2O4S2/c28-23(17-20-12-13-24(32-20)33(29,30)27-14-6-7-15-27)26-25(18-8-2-1-3-9-18)22-16-19-10-4-5-11-21(19)31-22/h1-5,8-13,16,25H,6-7,14-15,17H2,(H,26,28). The third kappa shape index (κ3) is 4.59. The number of hydrogen-bond acceptors (Lipinski definition) is 5. The molecule has 2 aromatic heterocycles. The lowest BCUT2D eigenvalue weighted by Gasteiger charge is -2.17. The van der Waals surface area contributed by atoms with Gasteiger partial charge in [-0.2, -0.15) is 4.31 Å². The molecule has 2 aromatic carbocycles. The van der Waals surface area contributed by atoms with Crippen LogP contribution in [-0.2, 0) is 21.2 Å². The number of carbonyl (C=O) groups excluding carboxylic acids is 1. The average Bonchev–Trinajstić information content (AvgIpc) is 3.59. The van der Waals surface area contributed by atoms with Crippen LogP contribution >= 0.6 is 11.3 Å². The summed E-state index contributed by atoms with van der Waals surface area (Å²) < 4.78 is 33.4. The predicted molar refractivity (Wildman–Crippen MR) is 129 cm³/mol. The molecule has 1 aliphatic rings. The van der Waals surface area contributed by atoms with Crippen LogP contribution < -0.4 is 5.32 Å². The van der Waals surface area contributed by atoms with Crippen molar-refractivity contribution in [2.45, 2.75) is 29.5 Å². The number of amides is 1. The number of thiophene rings is 1. The molecule has 0 saturated carbocycles. The van der Waals surface area contributed by atoms with Gasteiger partial charge in [-0.3, -0.25) is 4.79 Å². The molecule has 1 atom stereocenters. The molecular weight excluding hydrogens is 456 g/mol. The number of rotatable bonds is 7. The summed E-state index contributed by atoms with van der Waals surface area (Å²) in [6.07, 6.45) is 1.88. The van der Waals surface area contributed by atoms with E-state index in [-0.39, 0.29) is 12.3 Å². The van der Waals surface area contributed by atoms with Crippen LogP contribution in [0.4, 0.5) is 0 Å². The second-order valence-electron chi connectivity index (χ2n) is 8.11. The molecular formula is C25H24N2O4S2. The van der Waals surface area contributed by atoms with Gasteiger partial charge in [0.1, 0.15) is 21.6 Å². The second kappa shape index (κ2) is 9.13. The summed E-state index contributed by atoms with van der Waals surface area (Å²) in [6, 6.07) is 22.2. The Bertz CT molecular complexity index is 1340. The first-order chi connectivity index (χ1) is 16.0. The molecule has 33 heavy (non-hydrogen) atoms. The maximum absolute atomic E-state index is 13.0. The molecule has 8 heteroatoms. The number of hydrogen-bond donors (Lipinski definition) is 1. The first-order valence-electron chi connectivity index (χ1n) is 10.9. The van der Waals surface area contributed by atoms with Crippen molar-refractivity contribution in [3.63, 3.8) is 0 Å². The number of para-hydroxylation sites is 1. The van der Waals surface area contributed by atoms with Crippen molar-refractivity contribution in [1.29, 1.82) is 0 Å². The Morgan fingerprint density at radius 2 is 1.73 bits per heavy atom. The summed E-state index contributed by atoms with van der Waals surface area (Å²) in [7, 11) is -3.47. The minimum Gasteiger partial charge on any atom is -0.459 e. The van der Waals surface area contributed by atoms with Gasteiger partial charge >= 0.3 is 0 Å². The third-order valence-corrected chi connectivity index (χ3v) is 9.25. The Hall–Kier alpha value is -2.94. The van der Waals surface area contributed by atoms with E-state index in [1.807, 2.05) is 60.7 Å². The maximum Gasteiger partial charge on any atom is 0.252 e. The lowest BCUT2D eigenvalue weighted by atomic mass is 10.0. The molecule has 3 heterocycles. The van der Waals surface area contributed by atoms with Gasteiger partial charge in [0.2, 0.25) is 5.91 Å². The van der Waals surface area contributed by atoms with Crippen LogP contribution in [0.5, 0.6) is 0 Å². The van der Waals surface area contributed by atoms with Crippen LogP contribution in [0, 0.1) is 0 Å². The highest BCUT2D eigenvalue weighted by Crippen LogP contribution is 2.30. The molecule has 5 rings (SSSR count). The Labute approximate surface area is 196 Å². The van der Waals surface area contributed by atoms with Crippen molar-refractivity contribution in [1.82, 2.24) is 9.62 Å². The predicted octanol–water partition coefficient (Wildman–Crippen LogP) is 4.73. The molecule has 1 saturated heterocycles. The van der Waals surface area contributed by atoms with Gasteiger partial charge in [0.25, 0.3) is 10.0 Å². The van der Waals surface area contributed by atoms with Crippen molar-refractivity contribution in [2.75, 3.05) is 13.1 Å². The Balaban J connectivity index is 1.36. The number of nitrogens with one attached hydrogen (secondary N) is 1. The highest BCUT2D eigenvalue weighted by Gasteiger charge is 2.29. The largest absolute Gasteiger partial charge is 0.459 e. The van der Waals surface area contributed by atoms with Crippen LogP contribution in [0.15, 0.2) is 81.4 Å². The molecule has 1 amide bonds. The number of benzene rings is 2. The number of carbonyl (C=O) groups is 1. The van der Waals surface area contributed by atoms with E-state index in [9.17, 15) is 13.2 Å². The molecule has 1 N–H and O–H groups in total. The fourth-order valence-electron chi connectivity index (χ4n) is 4.13. The summed E-state index contributed by atoms with van der Waals surface area (Å²) in [5, 5.41) is 4.05. The first-order valence-corrected chi connectivity index (χ1v) is 13.2. The topological polar surface area (TPSA) is 79.6 Å². The molecule has 6 nitrogen and oxygen atoms in total. The van der Waals surface area contributed by atoms with Gasteiger partial charge < -0.3 is 9.73 Å². The fraction of sp³-hybridized carbons (Fsp3) is 0.240. The third-order valence-electron chi connectivity index (χ3n) is 5.80. The number of nitrogens with zero attached hydrogens (tertiary/aromatic N) is 1. The number of fused-ring (bicyclic) bond motifs is 1. The van der Waals surface area contributed by atoms with E-state index in [1.165, 1.54) is 4.31 Å². The van der Waals surface area contributed by atoms with Gasteiger partial charge in [-0.1, -0.05) is 48.5 Å². The summed E-state index contributed by atoms with van der Waals surface area (Å²) in [5.74, 6) is 0.454. The fourth-order valence-corrected chi connectivity index (χ4v) is 7.15. The molecule has 1 fully saturated rings. The van der Waals surface area contributed by atoms with Crippen LogP contribution in [0.1, 0.15) is 35.1 Å². The minimum absolute atomic E-state index is 0.101. The van der Waals surface area contributed by atoms with E-state index in [0.29, 0.717) is 27.9 Å². The van der Waals surface area contributed by atoms with E-state index in [0.717, 1.165) is 40.7 Å². The summed E-state index contributed by atoms with van der Waals surface area (Å²) in [6.45, 7) is 1.12. The van der Waals surface area contributed by atoms with Crippen molar-refractivity contribution < 1.29 is 17.6 Å². The molecule has 170 valence electrons. The minimum atomic E-state index is -3.47. The lowest BCUT2D eigenvalue weighted by Crippen LogP contribution is -2.30. The SMILES string of the molecule is O=C(Cc1ccc(S(=O)(=O)N2CCCC2)s1)NC(c1ccccc1)c1cc2ccccc2o1. The zero-order chi connectivity index (χ0) is 22.8. The molecule has 0 bridgehead atoms. The van der Waals surface area contributed by atoms with E-state index < -0.39 is 16.1 Å². The van der Waals surface area contributed by atoms with Gasteiger partial charge in [-0.25, -0.2) is 8.42 Å². The Morgan fingerprint density at radius 3 is 2.48 bits per heavy atom. The van der Waals surface area contributed by atoms with E-state index >= 15 is 0 Å². The van der Waals surface area contributed by atoms with E-state index in [4.69, 9.17) is 4.42 Å². The smallest absolute Gasteiger partial charge is 0.252 e.